The van der Waals surface area contributed by atoms with E-state index in [-0.39, 0.29) is 31.6 Å². The number of amides is 2. The number of hydrogen-bond donors (Lipinski definition) is 1. The van der Waals surface area contributed by atoms with Crippen LogP contribution < -0.4 is 4.90 Å². The molecule has 0 radical (unpaired) electrons. The third-order valence-corrected chi connectivity index (χ3v) is 7.56. The number of likely N-dealkylation sites (tertiary alicyclic amines) is 1. The van der Waals surface area contributed by atoms with Crippen LogP contribution in [-0.4, -0.2) is 71.8 Å². The predicted molar refractivity (Wildman–Crippen MR) is 129 cm³/mol. The van der Waals surface area contributed by atoms with Crippen molar-refractivity contribution in [3.8, 4) is 0 Å². The van der Waals surface area contributed by atoms with Crippen LogP contribution in [0.1, 0.15) is 30.4 Å². The largest absolute Gasteiger partial charge is 0.465 e. The van der Waals surface area contributed by atoms with Crippen LogP contribution in [0.2, 0.25) is 0 Å². The smallest absolute Gasteiger partial charge is 0.312 e. The summed E-state index contributed by atoms with van der Waals surface area (Å²) < 4.78 is 12.1. The lowest BCUT2D eigenvalue weighted by Crippen LogP contribution is -2.55. The van der Waals surface area contributed by atoms with E-state index < -0.39 is 35.6 Å². The highest BCUT2D eigenvalue weighted by Gasteiger charge is 2.71. The van der Waals surface area contributed by atoms with Crippen LogP contribution in [0.15, 0.2) is 42.5 Å². The van der Waals surface area contributed by atoms with Crippen LogP contribution >= 0.6 is 0 Å². The lowest BCUT2D eigenvalue weighted by Gasteiger charge is -2.35. The summed E-state index contributed by atoms with van der Waals surface area (Å²) in [6.07, 6.45) is 8.62. The first kappa shape index (κ1) is 23.8. The molecule has 2 amide bonds. The van der Waals surface area contributed by atoms with E-state index in [1.165, 1.54) is 4.90 Å². The number of ether oxygens (including phenoxy) is 2. The highest BCUT2D eigenvalue weighted by atomic mass is 16.6. The van der Waals surface area contributed by atoms with E-state index in [4.69, 9.17) is 9.47 Å². The molecule has 1 spiro atoms. The number of anilines is 1. The number of hydrogen-bond acceptors (Lipinski definition) is 6. The van der Waals surface area contributed by atoms with Gasteiger partial charge in [-0.15, -0.1) is 0 Å². The fourth-order valence-electron chi connectivity index (χ4n) is 5.96. The molecule has 2 fully saturated rings. The fourth-order valence-corrected chi connectivity index (χ4v) is 5.96. The second-order valence-corrected chi connectivity index (χ2v) is 9.83. The predicted octanol–water partition coefficient (Wildman–Crippen LogP) is 2.06. The Balaban J connectivity index is 1.62. The summed E-state index contributed by atoms with van der Waals surface area (Å²) >= 11 is 0. The van der Waals surface area contributed by atoms with Gasteiger partial charge in [-0.1, -0.05) is 36.4 Å². The number of fused-ring (bicyclic) bond motifs is 2. The molecule has 8 heteroatoms. The average Bonchev–Trinajstić information content (AvgIpc) is 3.24. The zero-order valence-electron chi connectivity index (χ0n) is 20.2. The van der Waals surface area contributed by atoms with Crippen molar-refractivity contribution in [1.82, 2.24) is 4.90 Å². The Kier molecular flexibility index (Phi) is 6.27. The van der Waals surface area contributed by atoms with E-state index in [9.17, 15) is 19.5 Å². The molecule has 0 saturated carbocycles. The number of aryl methyl sites for hydroxylation is 2. The molecule has 0 aromatic heterocycles. The number of carbonyl (C=O) groups excluding carboxylic acids is 3. The SMILES string of the molecule is Cc1ccc(C)c(N2CC=C[C@]34O[C@@H]5/C=C\CCCOC(=O)[C@@H]5[C@H]3C(=O)N(CCCO)C4C2=O)c1. The molecule has 5 rings (SSSR count). The number of aliphatic hydroxyl groups is 1. The lowest BCUT2D eigenvalue weighted by atomic mass is 9.78. The lowest BCUT2D eigenvalue weighted by molar-refractivity contribution is -0.154. The molecule has 186 valence electrons. The van der Waals surface area contributed by atoms with Crippen molar-refractivity contribution in [1.29, 1.82) is 0 Å². The van der Waals surface area contributed by atoms with E-state index in [1.54, 1.807) is 4.90 Å². The number of benzene rings is 1. The van der Waals surface area contributed by atoms with Gasteiger partial charge in [0.15, 0.2) is 0 Å². The van der Waals surface area contributed by atoms with Crippen molar-refractivity contribution in [2.24, 2.45) is 11.8 Å². The summed E-state index contributed by atoms with van der Waals surface area (Å²) in [4.78, 5) is 44.5. The quantitative estimate of drug-likeness (QED) is 0.524. The van der Waals surface area contributed by atoms with Crippen LogP contribution in [0, 0.1) is 25.7 Å². The Bertz CT molecular complexity index is 1100. The number of aliphatic hydroxyl groups excluding tert-OH is 1. The van der Waals surface area contributed by atoms with Crippen LogP contribution in [0.25, 0.3) is 0 Å². The second kappa shape index (κ2) is 9.24. The summed E-state index contributed by atoms with van der Waals surface area (Å²) in [5.41, 5.74) is 1.48. The number of rotatable bonds is 4. The highest BCUT2D eigenvalue weighted by molar-refractivity contribution is 6.05. The fraction of sp³-hybridized carbons (Fsp3) is 0.519. The number of esters is 1. The molecule has 35 heavy (non-hydrogen) atoms. The number of carbonyl (C=O) groups is 3. The molecule has 1 aromatic carbocycles. The maximum absolute atomic E-state index is 14.2. The van der Waals surface area contributed by atoms with Gasteiger partial charge in [0.25, 0.3) is 5.91 Å². The number of nitrogens with zero attached hydrogens (tertiary/aromatic N) is 2. The van der Waals surface area contributed by atoms with Gasteiger partial charge < -0.3 is 24.4 Å². The van der Waals surface area contributed by atoms with Crippen LogP contribution in [0.5, 0.6) is 0 Å². The van der Waals surface area contributed by atoms with E-state index in [1.807, 2.05) is 56.4 Å². The summed E-state index contributed by atoms with van der Waals surface area (Å²) in [5, 5.41) is 9.50. The van der Waals surface area contributed by atoms with Crippen molar-refractivity contribution >= 4 is 23.5 Å². The Hall–Kier alpha value is -2.97. The standard InChI is InChI=1S/C27H32N2O6/c1-17-9-10-18(2)19(16-17)28-12-6-11-27-22(24(31)29(13-7-14-30)23(27)25(28)32)21-20(35-27)8-4-3-5-15-34-26(21)33/h4,6,8-11,16,20-23,30H,3,5,7,12-15H2,1-2H3/b8-4-/t20-,21+,22+,23?,27+/m1/s1. The molecule has 1 unspecified atom stereocenters. The summed E-state index contributed by atoms with van der Waals surface area (Å²) in [7, 11) is 0. The zero-order chi connectivity index (χ0) is 24.7. The maximum atomic E-state index is 14.2. The Labute approximate surface area is 205 Å². The van der Waals surface area contributed by atoms with Gasteiger partial charge in [-0.05, 0) is 50.3 Å². The highest BCUT2D eigenvalue weighted by Crippen LogP contribution is 2.53. The van der Waals surface area contributed by atoms with E-state index >= 15 is 0 Å². The van der Waals surface area contributed by atoms with E-state index in [0.717, 1.165) is 23.2 Å². The minimum atomic E-state index is -1.28. The minimum Gasteiger partial charge on any atom is -0.465 e. The normalized spacial score (nSPS) is 33.3. The zero-order valence-corrected chi connectivity index (χ0v) is 20.2. The third-order valence-electron chi connectivity index (χ3n) is 7.56. The molecule has 8 nitrogen and oxygen atoms in total. The summed E-state index contributed by atoms with van der Waals surface area (Å²) in [5.74, 6) is -2.72. The molecule has 5 atom stereocenters. The van der Waals surface area contributed by atoms with Crippen LogP contribution in [-0.2, 0) is 23.9 Å². The van der Waals surface area contributed by atoms with Crippen LogP contribution in [0.3, 0.4) is 0 Å². The van der Waals surface area contributed by atoms with Crippen molar-refractivity contribution in [3.63, 3.8) is 0 Å². The third kappa shape index (κ3) is 3.79. The maximum Gasteiger partial charge on any atom is 0.312 e. The molecule has 4 heterocycles. The molecular formula is C27H32N2O6. The Morgan fingerprint density at radius 1 is 1.14 bits per heavy atom. The first-order valence-corrected chi connectivity index (χ1v) is 12.4. The van der Waals surface area contributed by atoms with Gasteiger partial charge in [-0.2, -0.15) is 0 Å². The van der Waals surface area contributed by atoms with Gasteiger partial charge in [0.1, 0.15) is 17.6 Å². The van der Waals surface area contributed by atoms with Gasteiger partial charge >= 0.3 is 5.97 Å². The van der Waals surface area contributed by atoms with Crippen molar-refractivity contribution in [2.75, 3.05) is 31.2 Å². The Morgan fingerprint density at radius 3 is 2.77 bits per heavy atom. The van der Waals surface area contributed by atoms with Crippen molar-refractivity contribution < 1.29 is 29.0 Å². The van der Waals surface area contributed by atoms with Crippen molar-refractivity contribution in [3.05, 3.63) is 53.6 Å². The monoisotopic (exact) mass is 480 g/mol. The first-order chi connectivity index (χ1) is 16.9. The molecule has 1 N–H and O–H groups in total. The topological polar surface area (TPSA) is 96.4 Å². The average molecular weight is 481 g/mol. The first-order valence-electron chi connectivity index (χ1n) is 12.4. The number of cyclic esters (lactones) is 1. The van der Waals surface area contributed by atoms with Gasteiger partial charge in [-0.3, -0.25) is 14.4 Å². The molecule has 4 aliphatic heterocycles. The van der Waals surface area contributed by atoms with Gasteiger partial charge in [0, 0.05) is 25.4 Å². The Morgan fingerprint density at radius 2 is 1.97 bits per heavy atom. The van der Waals surface area contributed by atoms with Gasteiger partial charge in [0.2, 0.25) is 5.91 Å². The summed E-state index contributed by atoms with van der Waals surface area (Å²) in [6, 6.07) is 5.00. The number of allylic oxidation sites excluding steroid dienone is 1. The molecule has 4 aliphatic rings. The molecule has 0 aliphatic carbocycles. The van der Waals surface area contributed by atoms with Crippen LogP contribution in [0.4, 0.5) is 5.69 Å². The molecular weight excluding hydrogens is 448 g/mol. The minimum absolute atomic E-state index is 0.114. The second-order valence-electron chi connectivity index (χ2n) is 9.83. The van der Waals surface area contributed by atoms with E-state index in [2.05, 4.69) is 0 Å². The molecule has 1 aromatic rings. The molecule has 0 bridgehead atoms. The van der Waals surface area contributed by atoms with Crippen molar-refractivity contribution in [2.45, 2.75) is 50.9 Å². The van der Waals surface area contributed by atoms with Gasteiger partial charge in [-0.25, -0.2) is 0 Å². The van der Waals surface area contributed by atoms with E-state index in [0.29, 0.717) is 19.4 Å². The summed E-state index contributed by atoms with van der Waals surface area (Å²) in [6.45, 7) is 4.63. The molecule has 2 saturated heterocycles. The van der Waals surface area contributed by atoms with Gasteiger partial charge in [0.05, 0.1) is 18.6 Å².